The number of aromatic nitrogens is 2. The van der Waals surface area contributed by atoms with Gasteiger partial charge >= 0.3 is 0 Å². The van der Waals surface area contributed by atoms with Gasteiger partial charge in [0.1, 0.15) is 0 Å². The van der Waals surface area contributed by atoms with Gasteiger partial charge in [-0.25, -0.2) is 0 Å². The maximum atomic E-state index is 4.28. The fourth-order valence-electron chi connectivity index (χ4n) is 3.01. The summed E-state index contributed by atoms with van der Waals surface area (Å²) >= 11 is 0. The summed E-state index contributed by atoms with van der Waals surface area (Å²) < 4.78 is 2.03. The van der Waals surface area contributed by atoms with Crippen LogP contribution >= 0.6 is 0 Å². The van der Waals surface area contributed by atoms with E-state index in [4.69, 9.17) is 0 Å². The van der Waals surface area contributed by atoms with E-state index < -0.39 is 0 Å². The Morgan fingerprint density at radius 3 is 2.47 bits per heavy atom. The van der Waals surface area contributed by atoms with Crippen LogP contribution in [0.15, 0.2) is 42.6 Å². The average Bonchev–Trinajstić information content (AvgIpc) is 2.87. The standard InChI is InChI=1S/C16H21N3/c1-18-16(7-10-17-18)15-8-11-19(12-9-15)13-14-5-3-2-4-6-14/h2-7,10,15H,8-9,11-13H2,1H3. The minimum atomic E-state index is 0.680. The van der Waals surface area contributed by atoms with Gasteiger partial charge in [-0.15, -0.1) is 0 Å². The molecule has 0 aliphatic carbocycles. The van der Waals surface area contributed by atoms with E-state index in [0.29, 0.717) is 5.92 Å². The van der Waals surface area contributed by atoms with Crippen molar-refractivity contribution < 1.29 is 0 Å². The predicted octanol–water partition coefficient (Wildman–Crippen LogP) is 2.80. The Bertz CT molecular complexity index is 510. The van der Waals surface area contributed by atoms with Gasteiger partial charge in [-0.2, -0.15) is 5.10 Å². The molecule has 2 aromatic rings. The van der Waals surface area contributed by atoms with Crippen molar-refractivity contribution in [3.8, 4) is 0 Å². The molecule has 0 amide bonds. The van der Waals surface area contributed by atoms with Crippen LogP contribution in [0.2, 0.25) is 0 Å². The summed E-state index contributed by atoms with van der Waals surface area (Å²) in [5, 5.41) is 4.28. The molecule has 0 spiro atoms. The number of piperidine rings is 1. The summed E-state index contributed by atoms with van der Waals surface area (Å²) in [7, 11) is 2.05. The molecule has 3 heteroatoms. The molecule has 1 fully saturated rings. The van der Waals surface area contributed by atoms with Crippen molar-refractivity contribution in [2.75, 3.05) is 13.1 Å². The quantitative estimate of drug-likeness (QED) is 0.841. The summed E-state index contributed by atoms with van der Waals surface area (Å²) in [5.74, 6) is 0.680. The van der Waals surface area contributed by atoms with Crippen LogP contribution in [-0.2, 0) is 13.6 Å². The Morgan fingerprint density at radius 1 is 1.11 bits per heavy atom. The van der Waals surface area contributed by atoms with Crippen LogP contribution in [0.4, 0.5) is 0 Å². The lowest BCUT2D eigenvalue weighted by atomic mass is 9.93. The van der Waals surface area contributed by atoms with E-state index in [0.717, 1.165) is 6.54 Å². The molecule has 3 nitrogen and oxygen atoms in total. The first kappa shape index (κ1) is 12.4. The molecule has 1 aliphatic rings. The summed E-state index contributed by atoms with van der Waals surface area (Å²) in [6.07, 6.45) is 4.39. The highest BCUT2D eigenvalue weighted by molar-refractivity contribution is 5.15. The molecule has 1 aromatic heterocycles. The van der Waals surface area contributed by atoms with Crippen LogP contribution in [0, 0.1) is 0 Å². The molecule has 0 bridgehead atoms. The van der Waals surface area contributed by atoms with Crippen molar-refractivity contribution in [2.24, 2.45) is 7.05 Å². The summed E-state index contributed by atoms with van der Waals surface area (Å²) in [5.41, 5.74) is 2.81. The number of benzene rings is 1. The van der Waals surface area contributed by atoms with Gasteiger partial charge in [-0.1, -0.05) is 30.3 Å². The molecule has 0 atom stereocenters. The molecule has 3 rings (SSSR count). The molecule has 0 saturated carbocycles. The largest absolute Gasteiger partial charge is 0.299 e. The van der Waals surface area contributed by atoms with E-state index in [1.54, 1.807) is 0 Å². The highest BCUT2D eigenvalue weighted by Gasteiger charge is 2.22. The molecule has 2 heterocycles. The van der Waals surface area contributed by atoms with Gasteiger partial charge in [-0.3, -0.25) is 9.58 Å². The molecule has 1 saturated heterocycles. The molecule has 19 heavy (non-hydrogen) atoms. The Balaban J connectivity index is 1.57. The minimum Gasteiger partial charge on any atom is -0.299 e. The summed E-state index contributed by atoms with van der Waals surface area (Å²) in [4.78, 5) is 2.56. The third-order valence-electron chi connectivity index (χ3n) is 4.11. The SMILES string of the molecule is Cn1nccc1C1CCN(Cc2ccccc2)CC1. The normalized spacial score (nSPS) is 17.7. The number of aryl methyl sites for hydroxylation is 1. The fraction of sp³-hybridized carbons (Fsp3) is 0.438. The van der Waals surface area contributed by atoms with E-state index in [1.807, 2.05) is 17.9 Å². The van der Waals surface area contributed by atoms with Crippen LogP contribution in [0.25, 0.3) is 0 Å². The molecule has 100 valence electrons. The van der Waals surface area contributed by atoms with Gasteiger partial charge in [-0.05, 0) is 37.6 Å². The predicted molar refractivity (Wildman–Crippen MR) is 76.9 cm³/mol. The smallest absolute Gasteiger partial charge is 0.0492 e. The van der Waals surface area contributed by atoms with Crippen molar-refractivity contribution in [1.82, 2.24) is 14.7 Å². The first-order valence-corrected chi connectivity index (χ1v) is 7.07. The first-order chi connectivity index (χ1) is 9.33. The number of likely N-dealkylation sites (tertiary alicyclic amines) is 1. The number of hydrogen-bond acceptors (Lipinski definition) is 2. The molecule has 1 aliphatic heterocycles. The topological polar surface area (TPSA) is 21.1 Å². The van der Waals surface area contributed by atoms with E-state index in [9.17, 15) is 0 Å². The lowest BCUT2D eigenvalue weighted by Crippen LogP contribution is -2.32. The molecular weight excluding hydrogens is 234 g/mol. The van der Waals surface area contributed by atoms with Crippen molar-refractivity contribution in [2.45, 2.75) is 25.3 Å². The summed E-state index contributed by atoms with van der Waals surface area (Å²) in [6.45, 7) is 3.45. The van der Waals surface area contributed by atoms with Crippen molar-refractivity contribution in [3.05, 3.63) is 53.9 Å². The molecule has 0 unspecified atom stereocenters. The Labute approximate surface area is 114 Å². The molecule has 0 N–H and O–H groups in total. The maximum absolute atomic E-state index is 4.28. The Hall–Kier alpha value is -1.61. The lowest BCUT2D eigenvalue weighted by molar-refractivity contribution is 0.201. The van der Waals surface area contributed by atoms with Crippen molar-refractivity contribution in [3.63, 3.8) is 0 Å². The zero-order valence-corrected chi connectivity index (χ0v) is 11.5. The second kappa shape index (κ2) is 5.57. The van der Waals surface area contributed by atoms with E-state index in [-0.39, 0.29) is 0 Å². The van der Waals surface area contributed by atoms with E-state index in [2.05, 4.69) is 46.4 Å². The minimum absolute atomic E-state index is 0.680. The van der Waals surface area contributed by atoms with Gasteiger partial charge < -0.3 is 0 Å². The number of rotatable bonds is 3. The van der Waals surface area contributed by atoms with E-state index in [1.165, 1.54) is 37.2 Å². The van der Waals surface area contributed by atoms with Gasteiger partial charge in [0.05, 0.1) is 0 Å². The zero-order chi connectivity index (χ0) is 13.1. The van der Waals surface area contributed by atoms with Crippen LogP contribution < -0.4 is 0 Å². The van der Waals surface area contributed by atoms with Crippen LogP contribution in [0.5, 0.6) is 0 Å². The molecule has 0 radical (unpaired) electrons. The maximum Gasteiger partial charge on any atom is 0.0492 e. The second-order valence-corrected chi connectivity index (χ2v) is 5.42. The van der Waals surface area contributed by atoms with Gasteiger partial charge in [0.25, 0.3) is 0 Å². The van der Waals surface area contributed by atoms with Crippen molar-refractivity contribution in [1.29, 1.82) is 0 Å². The number of hydrogen-bond donors (Lipinski definition) is 0. The van der Waals surface area contributed by atoms with Gasteiger partial charge in [0.2, 0.25) is 0 Å². The zero-order valence-electron chi connectivity index (χ0n) is 11.5. The van der Waals surface area contributed by atoms with Crippen molar-refractivity contribution >= 4 is 0 Å². The second-order valence-electron chi connectivity index (χ2n) is 5.42. The van der Waals surface area contributed by atoms with Gasteiger partial charge in [0.15, 0.2) is 0 Å². The number of nitrogens with zero attached hydrogens (tertiary/aromatic N) is 3. The third-order valence-corrected chi connectivity index (χ3v) is 4.11. The first-order valence-electron chi connectivity index (χ1n) is 7.07. The average molecular weight is 255 g/mol. The Morgan fingerprint density at radius 2 is 1.84 bits per heavy atom. The third kappa shape index (κ3) is 2.87. The highest BCUT2D eigenvalue weighted by atomic mass is 15.3. The van der Waals surface area contributed by atoms with E-state index >= 15 is 0 Å². The van der Waals surface area contributed by atoms with Crippen LogP contribution in [0.1, 0.15) is 30.0 Å². The monoisotopic (exact) mass is 255 g/mol. The fourth-order valence-corrected chi connectivity index (χ4v) is 3.01. The molecule has 1 aromatic carbocycles. The van der Waals surface area contributed by atoms with Gasteiger partial charge in [0, 0.05) is 31.4 Å². The van der Waals surface area contributed by atoms with Crippen LogP contribution in [-0.4, -0.2) is 27.8 Å². The summed E-state index contributed by atoms with van der Waals surface area (Å²) in [6, 6.07) is 12.9. The highest BCUT2D eigenvalue weighted by Crippen LogP contribution is 2.27. The van der Waals surface area contributed by atoms with Crippen LogP contribution in [0.3, 0.4) is 0 Å². The molecular formula is C16H21N3. The lowest BCUT2D eigenvalue weighted by Gasteiger charge is -2.32. The Kier molecular flexibility index (Phi) is 3.65.